The van der Waals surface area contributed by atoms with Crippen LogP contribution >= 0.6 is 11.5 Å². The summed E-state index contributed by atoms with van der Waals surface area (Å²) in [6, 6.07) is 4.04. The number of ether oxygens (including phenoxy) is 1. The molecule has 0 fully saturated rings. The second kappa shape index (κ2) is 7.30. The second-order valence-corrected chi connectivity index (χ2v) is 7.67. The van der Waals surface area contributed by atoms with Gasteiger partial charge in [0.05, 0.1) is 12.0 Å². The van der Waals surface area contributed by atoms with Crippen LogP contribution in [-0.4, -0.2) is 34.2 Å². The van der Waals surface area contributed by atoms with E-state index in [0.717, 1.165) is 34.9 Å². The van der Waals surface area contributed by atoms with E-state index in [4.69, 9.17) is 4.74 Å². The Morgan fingerprint density at radius 3 is 2.54 bits per heavy atom. The Labute approximate surface area is 148 Å². The van der Waals surface area contributed by atoms with Crippen molar-refractivity contribution in [2.75, 3.05) is 13.6 Å². The Hall–Kier alpha value is -1.95. The number of hydrogen-bond donors (Lipinski definition) is 0. The molecule has 0 spiro atoms. The van der Waals surface area contributed by atoms with Crippen LogP contribution < -0.4 is 4.74 Å². The molecule has 0 atom stereocenters. The van der Waals surface area contributed by atoms with E-state index in [-0.39, 0.29) is 5.41 Å². The van der Waals surface area contributed by atoms with E-state index in [0.29, 0.717) is 5.19 Å². The van der Waals surface area contributed by atoms with Crippen LogP contribution in [0.15, 0.2) is 17.1 Å². The molecule has 2 aromatic rings. The molecule has 0 saturated heterocycles. The lowest BCUT2D eigenvalue weighted by Gasteiger charge is -2.12. The van der Waals surface area contributed by atoms with E-state index >= 15 is 0 Å². The first kappa shape index (κ1) is 18.4. The van der Waals surface area contributed by atoms with Crippen LogP contribution in [0.4, 0.5) is 5.69 Å². The lowest BCUT2D eigenvalue weighted by Crippen LogP contribution is -2.14. The molecule has 0 bridgehead atoms. The van der Waals surface area contributed by atoms with Crippen LogP contribution in [0.3, 0.4) is 0 Å². The highest BCUT2D eigenvalue weighted by Gasteiger charge is 2.20. The number of rotatable bonds is 5. The van der Waals surface area contributed by atoms with Crippen LogP contribution in [0, 0.1) is 13.8 Å². The lowest BCUT2D eigenvalue weighted by atomic mass is 9.96. The number of aromatic nitrogens is 2. The summed E-state index contributed by atoms with van der Waals surface area (Å²) in [7, 11) is 2.01. The predicted octanol–water partition coefficient (Wildman–Crippen LogP) is 4.86. The third-order valence-corrected chi connectivity index (χ3v) is 4.26. The summed E-state index contributed by atoms with van der Waals surface area (Å²) in [5.74, 6) is 1.60. The van der Waals surface area contributed by atoms with Crippen LogP contribution in [0.1, 0.15) is 44.6 Å². The van der Waals surface area contributed by atoms with Crippen LogP contribution in [0.25, 0.3) is 0 Å². The Morgan fingerprint density at radius 2 is 1.96 bits per heavy atom. The third kappa shape index (κ3) is 4.54. The lowest BCUT2D eigenvalue weighted by molar-refractivity contribution is 0.464. The zero-order valence-corrected chi connectivity index (χ0v) is 16.4. The standard InChI is InChI=1S/C18H26N4OS/c1-8-22(7)11-19-14-9-13(3)15(10-12(14)2)23-17-20-16(21-24-17)18(4,5)6/h9-11H,8H2,1-7H3/b19-11+. The van der Waals surface area contributed by atoms with Crippen molar-refractivity contribution >= 4 is 23.6 Å². The van der Waals surface area contributed by atoms with Crippen molar-refractivity contribution in [3.8, 4) is 10.9 Å². The van der Waals surface area contributed by atoms with E-state index in [1.165, 1.54) is 11.5 Å². The average Bonchev–Trinajstić information content (AvgIpc) is 2.97. The van der Waals surface area contributed by atoms with Crippen molar-refractivity contribution < 1.29 is 4.74 Å². The number of aryl methyl sites for hydroxylation is 2. The zero-order valence-electron chi connectivity index (χ0n) is 15.5. The molecule has 2 rings (SSSR count). The van der Waals surface area contributed by atoms with Crippen molar-refractivity contribution in [3.05, 3.63) is 29.1 Å². The van der Waals surface area contributed by atoms with Crippen molar-refractivity contribution in [1.82, 2.24) is 14.3 Å². The van der Waals surface area contributed by atoms with E-state index in [1.54, 1.807) is 0 Å². The van der Waals surface area contributed by atoms with Gasteiger partial charge in [0.2, 0.25) is 0 Å². The number of benzene rings is 1. The van der Waals surface area contributed by atoms with Gasteiger partial charge >= 0.3 is 0 Å². The molecule has 6 heteroatoms. The third-order valence-electron chi connectivity index (χ3n) is 3.66. The zero-order chi connectivity index (χ0) is 17.9. The molecule has 0 amide bonds. The van der Waals surface area contributed by atoms with E-state index < -0.39 is 0 Å². The minimum atomic E-state index is -0.0764. The first-order valence-corrected chi connectivity index (χ1v) is 8.85. The van der Waals surface area contributed by atoms with E-state index in [1.807, 2.05) is 44.3 Å². The predicted molar refractivity (Wildman–Crippen MR) is 101 cm³/mol. The van der Waals surface area contributed by atoms with Crippen molar-refractivity contribution in [2.45, 2.75) is 47.0 Å². The molecular formula is C18H26N4OS. The quantitative estimate of drug-likeness (QED) is 0.573. The molecule has 1 aromatic heterocycles. The van der Waals surface area contributed by atoms with Gasteiger partial charge in [0.15, 0.2) is 5.82 Å². The minimum absolute atomic E-state index is 0.0764. The maximum atomic E-state index is 5.95. The monoisotopic (exact) mass is 346 g/mol. The highest BCUT2D eigenvalue weighted by molar-refractivity contribution is 7.07. The summed E-state index contributed by atoms with van der Waals surface area (Å²) in [6.07, 6.45) is 1.85. The van der Waals surface area contributed by atoms with Gasteiger partial charge in [-0.2, -0.15) is 9.36 Å². The smallest absolute Gasteiger partial charge is 0.298 e. The molecule has 0 aliphatic carbocycles. The number of nitrogens with zero attached hydrogens (tertiary/aromatic N) is 4. The normalized spacial score (nSPS) is 12.0. The molecule has 0 unspecified atom stereocenters. The number of hydrogen-bond acceptors (Lipinski definition) is 5. The van der Waals surface area contributed by atoms with Gasteiger partial charge in [-0.05, 0) is 44.0 Å². The second-order valence-electron chi connectivity index (χ2n) is 6.96. The molecule has 0 aliphatic rings. The summed E-state index contributed by atoms with van der Waals surface area (Å²) < 4.78 is 10.3. The van der Waals surface area contributed by atoms with Crippen LogP contribution in [0.2, 0.25) is 0 Å². The summed E-state index contributed by atoms with van der Waals surface area (Å²) in [5, 5.41) is 0.574. The van der Waals surface area contributed by atoms with Gasteiger partial charge in [0.25, 0.3) is 5.19 Å². The summed E-state index contributed by atoms with van der Waals surface area (Å²) in [4.78, 5) is 11.1. The Kier molecular flexibility index (Phi) is 5.59. The maximum absolute atomic E-state index is 5.95. The summed E-state index contributed by atoms with van der Waals surface area (Å²) in [5.41, 5.74) is 2.97. The van der Waals surface area contributed by atoms with Gasteiger partial charge in [0, 0.05) is 30.5 Å². The Balaban J connectivity index is 2.22. The summed E-state index contributed by atoms with van der Waals surface area (Å²) >= 11 is 1.29. The van der Waals surface area contributed by atoms with Gasteiger partial charge in [-0.3, -0.25) is 0 Å². The molecule has 1 heterocycles. The molecule has 24 heavy (non-hydrogen) atoms. The molecule has 0 saturated carbocycles. The molecule has 130 valence electrons. The minimum Gasteiger partial charge on any atom is -0.430 e. The van der Waals surface area contributed by atoms with Gasteiger partial charge in [-0.1, -0.05) is 20.8 Å². The summed E-state index contributed by atoms with van der Waals surface area (Å²) in [6.45, 7) is 13.3. The number of aliphatic imine (C=N–C) groups is 1. The van der Waals surface area contributed by atoms with Gasteiger partial charge in [-0.15, -0.1) is 0 Å². The van der Waals surface area contributed by atoms with Crippen molar-refractivity contribution in [2.24, 2.45) is 4.99 Å². The largest absolute Gasteiger partial charge is 0.430 e. The first-order chi connectivity index (χ1) is 11.2. The fourth-order valence-corrected chi connectivity index (χ4v) is 2.65. The fraction of sp³-hybridized carbons (Fsp3) is 0.500. The topological polar surface area (TPSA) is 50.6 Å². The van der Waals surface area contributed by atoms with Crippen LogP contribution in [-0.2, 0) is 5.41 Å². The maximum Gasteiger partial charge on any atom is 0.298 e. The average molecular weight is 347 g/mol. The van der Waals surface area contributed by atoms with Crippen molar-refractivity contribution in [1.29, 1.82) is 0 Å². The van der Waals surface area contributed by atoms with Crippen molar-refractivity contribution in [3.63, 3.8) is 0 Å². The SMILES string of the molecule is CCN(C)/C=N/c1cc(C)c(Oc2nc(C(C)(C)C)ns2)cc1C. The molecule has 0 N–H and O–H groups in total. The Bertz CT molecular complexity index is 731. The molecule has 5 nitrogen and oxygen atoms in total. The highest BCUT2D eigenvalue weighted by Crippen LogP contribution is 2.33. The highest BCUT2D eigenvalue weighted by atomic mass is 32.1. The van der Waals surface area contributed by atoms with Gasteiger partial charge in [0.1, 0.15) is 5.75 Å². The fourth-order valence-electron chi connectivity index (χ4n) is 1.92. The molecule has 0 aliphatic heterocycles. The van der Waals surface area contributed by atoms with Gasteiger partial charge in [-0.25, -0.2) is 4.99 Å². The molecule has 1 aromatic carbocycles. The van der Waals surface area contributed by atoms with Crippen LogP contribution in [0.5, 0.6) is 10.9 Å². The van der Waals surface area contributed by atoms with Gasteiger partial charge < -0.3 is 9.64 Å². The Morgan fingerprint density at radius 1 is 1.25 bits per heavy atom. The van der Waals surface area contributed by atoms with E-state index in [9.17, 15) is 0 Å². The molecular weight excluding hydrogens is 320 g/mol. The molecule has 0 radical (unpaired) electrons. The first-order valence-electron chi connectivity index (χ1n) is 8.08. The van der Waals surface area contributed by atoms with E-state index in [2.05, 4.69) is 42.0 Å².